The summed E-state index contributed by atoms with van der Waals surface area (Å²) in [4.78, 5) is 32.1. The van der Waals surface area contributed by atoms with Crippen LogP contribution in [0.5, 0.6) is 0 Å². The lowest BCUT2D eigenvalue weighted by Crippen LogP contribution is -2.52. The normalized spacial score (nSPS) is 13.0. The molecule has 35 heavy (non-hydrogen) atoms. The van der Waals surface area contributed by atoms with Crippen molar-refractivity contribution in [3.8, 4) is 0 Å². The Kier molecular flexibility index (Phi) is 9.62. The van der Waals surface area contributed by atoms with Crippen molar-refractivity contribution in [3.63, 3.8) is 0 Å². The van der Waals surface area contributed by atoms with Gasteiger partial charge in [0.25, 0.3) is 0 Å². The Balaban J connectivity index is 2.28. The van der Waals surface area contributed by atoms with Gasteiger partial charge >= 0.3 is 5.66 Å². The van der Waals surface area contributed by atoms with Gasteiger partial charge in [-0.3, -0.25) is 30.2 Å². The molecule has 0 aliphatic heterocycles. The summed E-state index contributed by atoms with van der Waals surface area (Å²) in [5.74, 6) is 0. The third-order valence-corrected chi connectivity index (χ3v) is 6.91. The van der Waals surface area contributed by atoms with Crippen molar-refractivity contribution < 1.29 is 9.85 Å². The van der Waals surface area contributed by atoms with E-state index in [0.29, 0.717) is 0 Å². The van der Waals surface area contributed by atoms with E-state index in [1.54, 1.807) is 23.5 Å². The maximum absolute atomic E-state index is 11.9. The lowest BCUT2D eigenvalue weighted by atomic mass is 10.2. The minimum Gasteiger partial charge on any atom is -0.277 e. The summed E-state index contributed by atoms with van der Waals surface area (Å²) in [6.07, 6.45) is 2.93. The monoisotopic (exact) mass is 516 g/mol. The molecule has 188 valence electrons. The Morgan fingerprint density at radius 2 is 1.06 bits per heavy atom. The molecule has 0 radical (unpaired) electrons. The third kappa shape index (κ3) is 8.78. The van der Waals surface area contributed by atoms with Gasteiger partial charge in [0, 0.05) is 42.8 Å². The van der Waals surface area contributed by atoms with Crippen molar-refractivity contribution in [2.24, 2.45) is 9.98 Å². The summed E-state index contributed by atoms with van der Waals surface area (Å²) in [5.41, 5.74) is -1.04. The van der Waals surface area contributed by atoms with Crippen molar-refractivity contribution in [1.82, 2.24) is 0 Å². The van der Waals surface area contributed by atoms with E-state index in [-0.39, 0.29) is 9.49 Å². The second kappa shape index (κ2) is 11.8. The summed E-state index contributed by atoms with van der Waals surface area (Å²) in [6, 6.07) is 15.0. The quantitative estimate of drug-likeness (QED) is 0.121. The molecule has 2 aromatic carbocycles. The number of thioether (sulfide) groups is 2. The van der Waals surface area contributed by atoms with Gasteiger partial charge in [-0.05, 0) is 12.1 Å². The number of nitro groups is 2. The van der Waals surface area contributed by atoms with Crippen molar-refractivity contribution in [2.75, 3.05) is 13.1 Å². The van der Waals surface area contributed by atoms with Crippen LogP contribution in [0.4, 0.5) is 0 Å². The highest BCUT2D eigenvalue weighted by molar-refractivity contribution is 8.01. The number of aliphatic imine (C=N–C) groups is 2. The van der Waals surface area contributed by atoms with Crippen LogP contribution in [0.1, 0.15) is 52.7 Å². The molecule has 2 aromatic rings. The van der Waals surface area contributed by atoms with Gasteiger partial charge in [-0.15, -0.1) is 23.5 Å². The van der Waals surface area contributed by atoms with Gasteiger partial charge in [-0.2, -0.15) is 0 Å². The first-order valence-corrected chi connectivity index (χ1v) is 12.7. The maximum atomic E-state index is 11.9. The number of benzene rings is 2. The molecular weight excluding hydrogens is 484 g/mol. The Labute approximate surface area is 215 Å². The van der Waals surface area contributed by atoms with Crippen molar-refractivity contribution in [3.05, 3.63) is 79.9 Å². The molecule has 0 unspecified atom stereocenters. The van der Waals surface area contributed by atoms with Crippen LogP contribution in [0.2, 0.25) is 0 Å². The number of hydrogen-bond acceptors (Lipinski definition) is 8. The SMILES string of the molecule is CC(C)(C)Sc1ccccc1/C=N/CC(C/N=C/c1ccccc1SC(C)(C)C)([N+](=O)[O-])[N+](=O)[O-]. The van der Waals surface area contributed by atoms with Gasteiger partial charge in [0.15, 0.2) is 13.1 Å². The standard InChI is InChI=1S/C25H32N4O4S2/c1-23(2,3)34-21-13-9-7-11-19(21)15-26-17-25(28(30)31,29(32)33)18-27-16-20-12-8-10-14-22(20)35-24(4,5)6/h7-16H,17-18H2,1-6H3/b26-15+,27-16+. The average molecular weight is 517 g/mol. The summed E-state index contributed by atoms with van der Waals surface area (Å²) >= 11 is 3.26. The van der Waals surface area contributed by atoms with Gasteiger partial charge in [-0.1, -0.05) is 77.9 Å². The Bertz CT molecular complexity index is 1020. The van der Waals surface area contributed by atoms with Gasteiger partial charge in [0.05, 0.1) is 0 Å². The second-order valence-corrected chi connectivity index (χ2v) is 13.7. The predicted molar refractivity (Wildman–Crippen MR) is 146 cm³/mol. The van der Waals surface area contributed by atoms with E-state index in [1.165, 1.54) is 12.4 Å². The fourth-order valence-corrected chi connectivity index (χ4v) is 5.04. The minimum absolute atomic E-state index is 0.0499. The van der Waals surface area contributed by atoms with Crippen molar-refractivity contribution in [2.45, 2.75) is 66.5 Å². The van der Waals surface area contributed by atoms with Crippen LogP contribution < -0.4 is 0 Å². The molecule has 0 fully saturated rings. The van der Waals surface area contributed by atoms with E-state index in [0.717, 1.165) is 20.9 Å². The van der Waals surface area contributed by atoms with Crippen LogP contribution >= 0.6 is 23.5 Å². The maximum Gasteiger partial charge on any atom is 0.495 e. The fraction of sp³-hybridized carbons (Fsp3) is 0.440. The number of nitrogens with zero attached hydrogens (tertiary/aromatic N) is 4. The predicted octanol–water partition coefficient (Wildman–Crippen LogP) is 6.26. The molecule has 0 N–H and O–H groups in total. The largest absolute Gasteiger partial charge is 0.495 e. The van der Waals surface area contributed by atoms with Gasteiger partial charge < -0.3 is 0 Å². The molecule has 0 aliphatic carbocycles. The molecule has 0 atom stereocenters. The molecule has 0 saturated carbocycles. The topological polar surface area (TPSA) is 111 Å². The van der Waals surface area contributed by atoms with E-state index in [9.17, 15) is 20.2 Å². The van der Waals surface area contributed by atoms with E-state index in [1.807, 2.05) is 48.5 Å². The number of hydrogen-bond donors (Lipinski definition) is 0. The molecule has 8 nitrogen and oxygen atoms in total. The first-order valence-electron chi connectivity index (χ1n) is 11.1. The highest BCUT2D eigenvalue weighted by atomic mass is 32.2. The average Bonchev–Trinajstić information content (AvgIpc) is 2.72. The Hall–Kier alpha value is -2.72. The number of rotatable bonds is 10. The lowest BCUT2D eigenvalue weighted by Gasteiger charge is -2.19. The molecule has 0 saturated heterocycles. The van der Waals surface area contributed by atoms with Crippen LogP contribution in [-0.2, 0) is 0 Å². The van der Waals surface area contributed by atoms with Crippen LogP contribution in [0.15, 0.2) is 68.3 Å². The summed E-state index contributed by atoms with van der Waals surface area (Å²) in [6.45, 7) is 11.2. The van der Waals surface area contributed by atoms with Crippen LogP contribution in [0.25, 0.3) is 0 Å². The summed E-state index contributed by atoms with van der Waals surface area (Å²) in [7, 11) is 0. The zero-order chi connectivity index (χ0) is 26.3. The zero-order valence-corrected chi connectivity index (χ0v) is 22.6. The Morgan fingerprint density at radius 3 is 1.37 bits per heavy atom. The Morgan fingerprint density at radius 1 is 0.714 bits per heavy atom. The van der Waals surface area contributed by atoms with E-state index < -0.39 is 28.6 Å². The summed E-state index contributed by atoms with van der Waals surface area (Å²) in [5, 5.41) is 23.7. The molecule has 0 aliphatic rings. The second-order valence-electron chi connectivity index (χ2n) is 9.94. The van der Waals surface area contributed by atoms with Crippen LogP contribution in [0, 0.1) is 20.2 Å². The highest BCUT2D eigenvalue weighted by Gasteiger charge is 2.56. The van der Waals surface area contributed by atoms with Crippen molar-refractivity contribution >= 4 is 36.0 Å². The van der Waals surface area contributed by atoms with Crippen LogP contribution in [-0.4, -0.2) is 50.5 Å². The molecule has 0 aromatic heterocycles. The molecule has 2 rings (SSSR count). The van der Waals surface area contributed by atoms with Crippen molar-refractivity contribution in [1.29, 1.82) is 0 Å². The first-order chi connectivity index (χ1) is 16.2. The molecule has 0 heterocycles. The lowest BCUT2D eigenvalue weighted by molar-refractivity contribution is -0.789. The smallest absolute Gasteiger partial charge is 0.277 e. The van der Waals surface area contributed by atoms with E-state index in [2.05, 4.69) is 51.5 Å². The van der Waals surface area contributed by atoms with E-state index in [4.69, 9.17) is 0 Å². The molecule has 0 amide bonds. The summed E-state index contributed by atoms with van der Waals surface area (Å²) < 4.78 is -0.0999. The molecular formula is C25H32N4O4S2. The van der Waals surface area contributed by atoms with Gasteiger partial charge in [0.2, 0.25) is 0 Å². The highest BCUT2D eigenvalue weighted by Crippen LogP contribution is 2.34. The molecule has 0 spiro atoms. The third-order valence-electron chi connectivity index (χ3n) is 4.50. The zero-order valence-electron chi connectivity index (χ0n) is 20.9. The van der Waals surface area contributed by atoms with E-state index >= 15 is 0 Å². The molecule has 10 heteroatoms. The first kappa shape index (κ1) is 28.5. The minimum atomic E-state index is -2.55. The van der Waals surface area contributed by atoms with Gasteiger partial charge in [-0.25, -0.2) is 0 Å². The van der Waals surface area contributed by atoms with Gasteiger partial charge in [0.1, 0.15) is 9.85 Å². The fourth-order valence-electron chi connectivity index (χ4n) is 2.95. The molecule has 0 bridgehead atoms. The van der Waals surface area contributed by atoms with Crippen LogP contribution in [0.3, 0.4) is 0 Å².